The molecular formula is C21H28FIN4O2. The van der Waals surface area contributed by atoms with Gasteiger partial charge in [-0.25, -0.2) is 4.39 Å². The number of ether oxygens (including phenoxy) is 1. The normalized spacial score (nSPS) is 10.8. The molecule has 0 radical (unpaired) electrons. The van der Waals surface area contributed by atoms with Crippen molar-refractivity contribution in [3.63, 3.8) is 0 Å². The van der Waals surface area contributed by atoms with E-state index in [0.717, 1.165) is 17.5 Å². The molecule has 0 unspecified atom stereocenters. The second-order valence-corrected chi connectivity index (χ2v) is 6.24. The van der Waals surface area contributed by atoms with Crippen LogP contribution in [0.4, 0.5) is 4.39 Å². The molecule has 0 saturated carbocycles. The van der Waals surface area contributed by atoms with Crippen LogP contribution in [-0.2, 0) is 24.3 Å². The van der Waals surface area contributed by atoms with Gasteiger partial charge >= 0.3 is 0 Å². The van der Waals surface area contributed by atoms with E-state index in [1.165, 1.54) is 6.07 Å². The Kier molecular flexibility index (Phi) is 11.2. The number of hydrogen-bond donors (Lipinski definition) is 3. The lowest BCUT2D eigenvalue weighted by atomic mass is 10.1. The third-order valence-electron chi connectivity index (χ3n) is 4.22. The standard InChI is InChI=1S/C21H27FN4O2.HI/c1-23-20(27)17-6-4-5-15(11-17)9-10-25-21(24-2)26-13-16-7-8-19(22)18(12-16)14-28-3;/h4-8,11-12H,9-10,13-14H2,1-3H3,(H,23,27)(H2,24,25,26);1H. The van der Waals surface area contributed by atoms with Crippen molar-refractivity contribution in [1.29, 1.82) is 0 Å². The zero-order valence-corrected chi connectivity index (χ0v) is 19.3. The van der Waals surface area contributed by atoms with E-state index in [-0.39, 0.29) is 42.3 Å². The topological polar surface area (TPSA) is 74.8 Å². The van der Waals surface area contributed by atoms with Crippen LogP contribution >= 0.6 is 24.0 Å². The van der Waals surface area contributed by atoms with Crippen LogP contribution in [-0.4, -0.2) is 39.6 Å². The Morgan fingerprint density at radius 2 is 1.93 bits per heavy atom. The molecule has 2 rings (SSSR count). The first-order chi connectivity index (χ1) is 13.6. The second-order valence-electron chi connectivity index (χ2n) is 6.24. The van der Waals surface area contributed by atoms with Crippen LogP contribution in [0.2, 0.25) is 0 Å². The molecule has 2 aromatic carbocycles. The number of hydrogen-bond acceptors (Lipinski definition) is 3. The molecule has 6 nitrogen and oxygen atoms in total. The Hall–Kier alpha value is -2.20. The number of aliphatic imine (C=N–C) groups is 1. The zero-order valence-electron chi connectivity index (χ0n) is 16.9. The van der Waals surface area contributed by atoms with Crippen molar-refractivity contribution in [3.05, 3.63) is 70.5 Å². The molecule has 0 aromatic heterocycles. The van der Waals surface area contributed by atoms with Crippen molar-refractivity contribution in [1.82, 2.24) is 16.0 Å². The maximum absolute atomic E-state index is 13.7. The maximum atomic E-state index is 13.7. The van der Waals surface area contributed by atoms with Gasteiger partial charge in [0.05, 0.1) is 6.61 Å². The van der Waals surface area contributed by atoms with E-state index in [9.17, 15) is 9.18 Å². The fraction of sp³-hybridized carbons (Fsp3) is 0.333. The molecule has 0 spiro atoms. The summed E-state index contributed by atoms with van der Waals surface area (Å²) in [5.41, 5.74) is 3.17. The van der Waals surface area contributed by atoms with Crippen molar-refractivity contribution in [2.24, 2.45) is 4.99 Å². The molecule has 2 aromatic rings. The van der Waals surface area contributed by atoms with Crippen molar-refractivity contribution in [3.8, 4) is 0 Å². The van der Waals surface area contributed by atoms with E-state index in [2.05, 4.69) is 20.9 Å². The highest BCUT2D eigenvalue weighted by Gasteiger charge is 2.06. The Morgan fingerprint density at radius 1 is 1.14 bits per heavy atom. The lowest BCUT2D eigenvalue weighted by molar-refractivity contribution is 0.0963. The maximum Gasteiger partial charge on any atom is 0.251 e. The lowest BCUT2D eigenvalue weighted by Gasteiger charge is -2.13. The first kappa shape index (κ1) is 24.8. The first-order valence-corrected chi connectivity index (χ1v) is 9.09. The number of halogens is 2. The predicted octanol–water partition coefficient (Wildman–Crippen LogP) is 2.86. The lowest BCUT2D eigenvalue weighted by Crippen LogP contribution is -2.37. The molecule has 0 aliphatic heterocycles. The average Bonchev–Trinajstić information content (AvgIpc) is 2.72. The summed E-state index contributed by atoms with van der Waals surface area (Å²) >= 11 is 0. The molecule has 0 heterocycles. The molecule has 1 amide bonds. The monoisotopic (exact) mass is 514 g/mol. The highest BCUT2D eigenvalue weighted by atomic mass is 127. The van der Waals surface area contributed by atoms with Crippen molar-refractivity contribution in [2.75, 3.05) is 27.7 Å². The van der Waals surface area contributed by atoms with Gasteiger partial charge in [0.1, 0.15) is 5.82 Å². The van der Waals surface area contributed by atoms with Crippen LogP contribution in [0.25, 0.3) is 0 Å². The van der Waals surface area contributed by atoms with Gasteiger partial charge in [0.2, 0.25) is 0 Å². The van der Waals surface area contributed by atoms with E-state index in [4.69, 9.17) is 4.74 Å². The van der Waals surface area contributed by atoms with E-state index < -0.39 is 0 Å². The van der Waals surface area contributed by atoms with Crippen LogP contribution < -0.4 is 16.0 Å². The Labute approximate surface area is 188 Å². The summed E-state index contributed by atoms with van der Waals surface area (Å²) < 4.78 is 18.7. The van der Waals surface area contributed by atoms with Gasteiger partial charge in [-0.3, -0.25) is 9.79 Å². The Balaban J connectivity index is 0.00000420. The summed E-state index contributed by atoms with van der Waals surface area (Å²) in [4.78, 5) is 15.9. The molecule has 0 aliphatic carbocycles. The minimum atomic E-state index is -0.271. The Morgan fingerprint density at radius 3 is 2.62 bits per heavy atom. The predicted molar refractivity (Wildman–Crippen MR) is 124 cm³/mol. The zero-order chi connectivity index (χ0) is 20.4. The summed E-state index contributed by atoms with van der Waals surface area (Å²) in [6.07, 6.45) is 0.750. The number of rotatable bonds is 8. The van der Waals surface area contributed by atoms with Gasteiger partial charge in [-0.05, 0) is 41.8 Å². The smallest absolute Gasteiger partial charge is 0.251 e. The molecule has 0 atom stereocenters. The van der Waals surface area contributed by atoms with E-state index in [1.807, 2.05) is 18.2 Å². The molecule has 3 N–H and O–H groups in total. The number of benzene rings is 2. The summed E-state index contributed by atoms with van der Waals surface area (Å²) in [5.74, 6) is 0.284. The van der Waals surface area contributed by atoms with Gasteiger partial charge in [0, 0.05) is 45.4 Å². The van der Waals surface area contributed by atoms with Crippen molar-refractivity contribution < 1.29 is 13.9 Å². The number of guanidine groups is 1. The first-order valence-electron chi connectivity index (χ1n) is 9.09. The van der Waals surface area contributed by atoms with Gasteiger partial charge in [-0.15, -0.1) is 24.0 Å². The highest BCUT2D eigenvalue weighted by molar-refractivity contribution is 14.0. The number of methoxy groups -OCH3 is 1. The molecule has 0 fully saturated rings. The van der Waals surface area contributed by atoms with E-state index in [1.54, 1.807) is 39.4 Å². The largest absolute Gasteiger partial charge is 0.380 e. The molecule has 8 heteroatoms. The van der Waals surface area contributed by atoms with Crippen LogP contribution in [0, 0.1) is 5.82 Å². The number of nitrogens with one attached hydrogen (secondary N) is 3. The summed E-state index contributed by atoms with van der Waals surface area (Å²) in [6.45, 7) is 1.42. The molecule has 158 valence electrons. The fourth-order valence-corrected chi connectivity index (χ4v) is 2.75. The van der Waals surface area contributed by atoms with Crippen LogP contribution in [0.3, 0.4) is 0 Å². The van der Waals surface area contributed by atoms with Gasteiger partial charge in [-0.1, -0.05) is 18.2 Å². The Bertz CT molecular complexity index is 830. The van der Waals surface area contributed by atoms with E-state index in [0.29, 0.717) is 30.2 Å². The summed E-state index contributed by atoms with van der Waals surface area (Å²) in [6, 6.07) is 12.5. The van der Waals surface area contributed by atoms with Crippen molar-refractivity contribution in [2.45, 2.75) is 19.6 Å². The summed E-state index contributed by atoms with van der Waals surface area (Å²) in [7, 11) is 4.86. The molecular weight excluding hydrogens is 486 g/mol. The number of carbonyl (C=O) groups excluding carboxylic acids is 1. The summed E-state index contributed by atoms with van der Waals surface area (Å²) in [5, 5.41) is 9.08. The number of nitrogens with zero attached hydrogens (tertiary/aromatic N) is 1. The van der Waals surface area contributed by atoms with Gasteiger partial charge in [0.15, 0.2) is 5.96 Å². The third kappa shape index (κ3) is 7.98. The molecule has 0 bridgehead atoms. The average molecular weight is 514 g/mol. The van der Waals surface area contributed by atoms with Crippen LogP contribution in [0.5, 0.6) is 0 Å². The van der Waals surface area contributed by atoms with Gasteiger partial charge in [-0.2, -0.15) is 0 Å². The SMILES string of the molecule is CN=C(NCCc1cccc(C(=O)NC)c1)NCc1ccc(F)c(COC)c1.I. The van der Waals surface area contributed by atoms with E-state index >= 15 is 0 Å². The van der Waals surface area contributed by atoms with Crippen LogP contribution in [0.1, 0.15) is 27.0 Å². The highest BCUT2D eigenvalue weighted by Crippen LogP contribution is 2.11. The fourth-order valence-electron chi connectivity index (χ4n) is 2.75. The second kappa shape index (κ2) is 13.1. The number of carbonyl (C=O) groups is 1. The molecule has 29 heavy (non-hydrogen) atoms. The van der Waals surface area contributed by atoms with Gasteiger partial charge in [0.25, 0.3) is 5.91 Å². The number of amides is 1. The minimum absolute atomic E-state index is 0. The quantitative estimate of drug-likeness (QED) is 0.288. The van der Waals surface area contributed by atoms with Crippen molar-refractivity contribution >= 4 is 35.8 Å². The minimum Gasteiger partial charge on any atom is -0.380 e. The molecule has 0 saturated heterocycles. The van der Waals surface area contributed by atoms with Crippen LogP contribution in [0.15, 0.2) is 47.5 Å². The van der Waals surface area contributed by atoms with Gasteiger partial charge < -0.3 is 20.7 Å². The molecule has 0 aliphatic rings. The third-order valence-corrected chi connectivity index (χ3v) is 4.22.